The van der Waals surface area contributed by atoms with Crippen LogP contribution in [0.4, 0.5) is 0 Å². The molecule has 0 radical (unpaired) electrons. The van der Waals surface area contributed by atoms with Crippen molar-refractivity contribution < 1.29 is 19.5 Å². The molecule has 1 saturated heterocycles. The van der Waals surface area contributed by atoms with Gasteiger partial charge in [0.15, 0.2) is 0 Å². The maximum Gasteiger partial charge on any atom is 0.308 e. The molecule has 4 unspecified atom stereocenters. The monoisotopic (exact) mass is 282 g/mol. The molecule has 1 aliphatic heterocycles. The highest BCUT2D eigenvalue weighted by atomic mass is 16.4. The summed E-state index contributed by atoms with van der Waals surface area (Å²) in [7, 11) is 0. The fourth-order valence-electron chi connectivity index (χ4n) is 2.88. The zero-order valence-electron chi connectivity index (χ0n) is 12.0. The van der Waals surface area contributed by atoms with Gasteiger partial charge in [-0.2, -0.15) is 0 Å². The van der Waals surface area contributed by atoms with Crippen LogP contribution in [0.3, 0.4) is 0 Å². The summed E-state index contributed by atoms with van der Waals surface area (Å²) in [5.74, 6) is -0.786. The van der Waals surface area contributed by atoms with Crippen LogP contribution < -0.4 is 5.32 Å². The molecule has 2 rings (SSSR count). The van der Waals surface area contributed by atoms with Crippen LogP contribution in [0, 0.1) is 17.8 Å². The van der Waals surface area contributed by atoms with E-state index in [2.05, 4.69) is 5.32 Å². The van der Waals surface area contributed by atoms with Crippen molar-refractivity contribution >= 4 is 17.8 Å². The van der Waals surface area contributed by atoms with E-state index in [9.17, 15) is 14.4 Å². The van der Waals surface area contributed by atoms with Gasteiger partial charge in [0.1, 0.15) is 0 Å². The van der Waals surface area contributed by atoms with Gasteiger partial charge in [0, 0.05) is 31.5 Å². The second kappa shape index (κ2) is 5.81. The molecule has 2 amide bonds. The molecule has 1 saturated carbocycles. The normalized spacial score (nSPS) is 32.0. The van der Waals surface area contributed by atoms with Gasteiger partial charge in [-0.05, 0) is 25.7 Å². The number of amides is 2. The Hall–Kier alpha value is -1.59. The largest absolute Gasteiger partial charge is 0.481 e. The first-order chi connectivity index (χ1) is 9.41. The summed E-state index contributed by atoms with van der Waals surface area (Å²) in [4.78, 5) is 36.3. The summed E-state index contributed by atoms with van der Waals surface area (Å²) in [5.41, 5.74) is 0. The van der Waals surface area contributed by atoms with Crippen LogP contribution in [0.25, 0.3) is 0 Å². The van der Waals surface area contributed by atoms with Crippen LogP contribution >= 0.6 is 0 Å². The fourth-order valence-corrected chi connectivity index (χ4v) is 2.88. The second-order valence-electron chi connectivity index (χ2n) is 5.92. The van der Waals surface area contributed by atoms with Gasteiger partial charge in [-0.3, -0.25) is 14.4 Å². The molecule has 0 aromatic rings. The van der Waals surface area contributed by atoms with Crippen molar-refractivity contribution in [3.05, 3.63) is 0 Å². The second-order valence-corrected chi connectivity index (χ2v) is 5.92. The molecule has 4 atom stereocenters. The molecule has 112 valence electrons. The lowest BCUT2D eigenvalue weighted by molar-refractivity contribution is -0.143. The highest BCUT2D eigenvalue weighted by Gasteiger charge is 2.39. The number of likely N-dealkylation sites (tertiary alicyclic amines) is 1. The van der Waals surface area contributed by atoms with Crippen LogP contribution in [-0.4, -0.2) is 46.9 Å². The van der Waals surface area contributed by atoms with E-state index in [4.69, 9.17) is 5.11 Å². The van der Waals surface area contributed by atoms with E-state index in [0.717, 1.165) is 6.42 Å². The molecule has 6 nitrogen and oxygen atoms in total. The Morgan fingerprint density at radius 1 is 1.25 bits per heavy atom. The minimum absolute atomic E-state index is 0.0307. The van der Waals surface area contributed by atoms with Crippen molar-refractivity contribution in [2.24, 2.45) is 17.8 Å². The minimum atomic E-state index is -0.844. The van der Waals surface area contributed by atoms with E-state index in [1.165, 1.54) is 0 Å². The van der Waals surface area contributed by atoms with Gasteiger partial charge < -0.3 is 15.3 Å². The maximum atomic E-state index is 12.0. The molecule has 0 bridgehead atoms. The van der Waals surface area contributed by atoms with Crippen LogP contribution in [0.15, 0.2) is 0 Å². The number of hydrogen-bond donors (Lipinski definition) is 2. The molecule has 0 spiro atoms. The number of aliphatic carboxylic acids is 1. The number of rotatable bonds is 5. The van der Waals surface area contributed by atoms with E-state index in [1.807, 2.05) is 6.92 Å². The maximum absolute atomic E-state index is 12.0. The first-order valence-electron chi connectivity index (χ1n) is 7.21. The van der Waals surface area contributed by atoms with Crippen molar-refractivity contribution in [2.45, 2.75) is 39.2 Å². The lowest BCUT2D eigenvalue weighted by Crippen LogP contribution is -2.39. The SMILES string of the molecule is CC1CC1C(=O)NCCC(=O)N1CCC(C(=O)O)C1C. The topological polar surface area (TPSA) is 86.7 Å². The van der Waals surface area contributed by atoms with Gasteiger partial charge in [0.05, 0.1) is 5.92 Å². The number of carboxylic acid groups (broad SMARTS) is 1. The molecule has 2 fully saturated rings. The van der Waals surface area contributed by atoms with E-state index in [1.54, 1.807) is 11.8 Å². The highest BCUT2D eigenvalue weighted by Crippen LogP contribution is 2.37. The van der Waals surface area contributed by atoms with E-state index >= 15 is 0 Å². The number of carboxylic acids is 1. The van der Waals surface area contributed by atoms with Gasteiger partial charge in [0.25, 0.3) is 0 Å². The van der Waals surface area contributed by atoms with Crippen molar-refractivity contribution in [1.29, 1.82) is 0 Å². The molecule has 0 aromatic heterocycles. The molecule has 2 aliphatic rings. The van der Waals surface area contributed by atoms with Crippen LogP contribution in [0.5, 0.6) is 0 Å². The zero-order chi connectivity index (χ0) is 14.9. The number of nitrogens with one attached hydrogen (secondary N) is 1. The van der Waals surface area contributed by atoms with Gasteiger partial charge >= 0.3 is 5.97 Å². The third-order valence-corrected chi connectivity index (χ3v) is 4.48. The summed E-state index contributed by atoms with van der Waals surface area (Å²) >= 11 is 0. The van der Waals surface area contributed by atoms with Crippen LogP contribution in [0.1, 0.15) is 33.1 Å². The number of hydrogen-bond acceptors (Lipinski definition) is 3. The summed E-state index contributed by atoms with van der Waals surface area (Å²) in [5, 5.41) is 11.8. The van der Waals surface area contributed by atoms with E-state index in [-0.39, 0.29) is 30.2 Å². The molecule has 6 heteroatoms. The minimum Gasteiger partial charge on any atom is -0.481 e. The Balaban J connectivity index is 1.72. The summed E-state index contributed by atoms with van der Waals surface area (Å²) in [6.45, 7) is 4.63. The Kier molecular flexibility index (Phi) is 4.30. The van der Waals surface area contributed by atoms with Gasteiger partial charge in [-0.15, -0.1) is 0 Å². The Morgan fingerprint density at radius 3 is 2.40 bits per heavy atom. The fraction of sp³-hybridized carbons (Fsp3) is 0.786. The lowest BCUT2D eigenvalue weighted by Gasteiger charge is -2.23. The first kappa shape index (κ1) is 14.8. The van der Waals surface area contributed by atoms with Crippen molar-refractivity contribution in [1.82, 2.24) is 10.2 Å². The Labute approximate surface area is 118 Å². The molecule has 20 heavy (non-hydrogen) atoms. The van der Waals surface area contributed by atoms with Gasteiger partial charge in [-0.1, -0.05) is 6.92 Å². The predicted molar refractivity (Wildman–Crippen MR) is 71.8 cm³/mol. The average Bonchev–Trinajstić information content (AvgIpc) is 2.97. The van der Waals surface area contributed by atoms with E-state index in [0.29, 0.717) is 25.4 Å². The molecule has 0 aromatic carbocycles. The summed E-state index contributed by atoms with van der Waals surface area (Å²) in [6.07, 6.45) is 1.68. The number of carbonyl (C=O) groups is 3. The smallest absolute Gasteiger partial charge is 0.308 e. The highest BCUT2D eigenvalue weighted by molar-refractivity contribution is 5.83. The van der Waals surface area contributed by atoms with Crippen LogP contribution in [0.2, 0.25) is 0 Å². The Morgan fingerprint density at radius 2 is 1.90 bits per heavy atom. The lowest BCUT2D eigenvalue weighted by atomic mass is 10.0. The number of nitrogens with zero attached hydrogens (tertiary/aromatic N) is 1. The quantitative estimate of drug-likeness (QED) is 0.767. The van der Waals surface area contributed by atoms with Crippen molar-refractivity contribution in [3.63, 3.8) is 0 Å². The predicted octanol–water partition coefficient (Wildman–Crippen LogP) is 0.470. The summed E-state index contributed by atoms with van der Waals surface area (Å²) in [6, 6.07) is -0.265. The molecule has 1 heterocycles. The summed E-state index contributed by atoms with van der Waals surface area (Å²) < 4.78 is 0. The van der Waals surface area contributed by atoms with Gasteiger partial charge in [-0.25, -0.2) is 0 Å². The third kappa shape index (κ3) is 3.11. The van der Waals surface area contributed by atoms with Crippen molar-refractivity contribution in [2.75, 3.05) is 13.1 Å². The molecule has 1 aliphatic carbocycles. The standard InChI is InChI=1S/C14H22N2O4/c1-8-7-11(8)13(18)15-5-3-12(17)16-6-4-10(9(16)2)14(19)20/h8-11H,3-7H2,1-2H3,(H,15,18)(H,19,20). The molecular weight excluding hydrogens is 260 g/mol. The Bertz CT molecular complexity index is 423. The van der Waals surface area contributed by atoms with Crippen molar-refractivity contribution in [3.8, 4) is 0 Å². The van der Waals surface area contributed by atoms with Gasteiger partial charge in [0.2, 0.25) is 11.8 Å². The average molecular weight is 282 g/mol. The molecule has 2 N–H and O–H groups in total. The van der Waals surface area contributed by atoms with Crippen LogP contribution in [-0.2, 0) is 14.4 Å². The first-order valence-corrected chi connectivity index (χ1v) is 7.21. The number of carbonyl (C=O) groups excluding carboxylic acids is 2. The zero-order valence-corrected chi connectivity index (χ0v) is 12.0. The third-order valence-electron chi connectivity index (χ3n) is 4.48. The molecular formula is C14H22N2O4. The van der Waals surface area contributed by atoms with E-state index < -0.39 is 11.9 Å².